The first-order valence-corrected chi connectivity index (χ1v) is 16.1. The van der Waals surface area contributed by atoms with Gasteiger partial charge in [-0.05, 0) is 96.4 Å². The molecule has 5 aromatic rings. The van der Waals surface area contributed by atoms with Gasteiger partial charge in [-0.15, -0.1) is 0 Å². The molecule has 0 N–H and O–H groups in total. The van der Waals surface area contributed by atoms with Crippen LogP contribution in [-0.2, 0) is 5.41 Å². The minimum atomic E-state index is -0.374. The Hall–Kier alpha value is -6.02. The topological polar surface area (TPSA) is 93.2 Å². The van der Waals surface area contributed by atoms with Gasteiger partial charge in [0.05, 0.1) is 27.9 Å². The Labute approximate surface area is 285 Å². The summed E-state index contributed by atoms with van der Waals surface area (Å²) in [6.07, 6.45) is 0. The van der Waals surface area contributed by atoms with E-state index in [0.29, 0.717) is 50.9 Å². The van der Waals surface area contributed by atoms with E-state index in [1.54, 1.807) is 42.5 Å². The van der Waals surface area contributed by atoms with Gasteiger partial charge in [-0.1, -0.05) is 64.1 Å². The first-order valence-electron chi connectivity index (χ1n) is 16.1. The average Bonchev–Trinajstić information content (AvgIpc) is 3.48. The molecule has 0 radical (unpaired) electrons. The monoisotopic (exact) mass is 652 g/mol. The predicted molar refractivity (Wildman–Crippen MR) is 188 cm³/mol. The Morgan fingerprint density at radius 2 is 0.939 bits per heavy atom. The number of imide groups is 2. The molecule has 7 rings (SSSR count). The van der Waals surface area contributed by atoms with Crippen LogP contribution in [0.3, 0.4) is 0 Å². The molecule has 4 amide bonds. The lowest BCUT2D eigenvalue weighted by Gasteiger charge is -2.26. The molecule has 49 heavy (non-hydrogen) atoms. The minimum Gasteiger partial charge on any atom is -0.457 e. The van der Waals surface area contributed by atoms with Crippen molar-refractivity contribution < 1.29 is 28.7 Å². The van der Waals surface area contributed by atoms with Crippen molar-refractivity contribution in [2.24, 2.45) is 0 Å². The Morgan fingerprint density at radius 3 is 1.45 bits per heavy atom. The molecule has 2 aliphatic rings. The van der Waals surface area contributed by atoms with Gasteiger partial charge in [-0.2, -0.15) is 0 Å². The van der Waals surface area contributed by atoms with E-state index in [1.807, 2.05) is 87.5 Å². The van der Waals surface area contributed by atoms with Crippen LogP contribution in [0.4, 0.5) is 5.69 Å². The van der Waals surface area contributed by atoms with Gasteiger partial charge in [-0.3, -0.25) is 24.1 Å². The summed E-state index contributed by atoms with van der Waals surface area (Å²) in [5.74, 6) is 0.769. The third-order valence-corrected chi connectivity index (χ3v) is 8.80. The highest BCUT2D eigenvalue weighted by atomic mass is 16.5. The zero-order valence-corrected chi connectivity index (χ0v) is 28.2. The summed E-state index contributed by atoms with van der Waals surface area (Å²) in [6, 6.07) is 32.7. The standard InChI is InChI=1S/C39H30N2O6.C2H6/c1-23-6-5-7-26(20-23)41-37(44)32-19-17-30(22-34(32)38(41)45)47-28-14-10-25(11-15-28)39(2,3)24-8-12-27(13-9-24)46-29-16-18-31-33(21-29)36(43)40(4)35(31)42;1-2/h5-22H,1-4H3;1-2H3. The first kappa shape index (κ1) is 32.9. The van der Waals surface area contributed by atoms with Crippen LogP contribution in [0.5, 0.6) is 23.0 Å². The first-order chi connectivity index (χ1) is 23.5. The zero-order valence-electron chi connectivity index (χ0n) is 28.2. The van der Waals surface area contributed by atoms with E-state index in [9.17, 15) is 19.2 Å². The zero-order chi connectivity index (χ0) is 35.0. The van der Waals surface area contributed by atoms with Crippen molar-refractivity contribution in [3.8, 4) is 23.0 Å². The summed E-state index contributed by atoms with van der Waals surface area (Å²) in [5, 5.41) is 0. The van der Waals surface area contributed by atoms with Crippen LogP contribution in [0, 0.1) is 6.92 Å². The van der Waals surface area contributed by atoms with E-state index in [2.05, 4.69) is 13.8 Å². The van der Waals surface area contributed by atoms with Crippen molar-refractivity contribution in [1.82, 2.24) is 4.90 Å². The van der Waals surface area contributed by atoms with Gasteiger partial charge in [0.1, 0.15) is 23.0 Å². The van der Waals surface area contributed by atoms with Crippen LogP contribution in [0.25, 0.3) is 0 Å². The maximum atomic E-state index is 13.2. The normalized spacial score (nSPS) is 13.6. The smallest absolute Gasteiger partial charge is 0.266 e. The number of hydrogen-bond donors (Lipinski definition) is 0. The molecule has 0 atom stereocenters. The van der Waals surface area contributed by atoms with E-state index >= 15 is 0 Å². The highest BCUT2D eigenvalue weighted by molar-refractivity contribution is 6.34. The second-order valence-corrected chi connectivity index (χ2v) is 12.2. The molecule has 0 bridgehead atoms. The van der Waals surface area contributed by atoms with Gasteiger partial charge in [0.15, 0.2) is 0 Å². The maximum Gasteiger partial charge on any atom is 0.266 e. The summed E-state index contributed by atoms with van der Waals surface area (Å²) in [7, 11) is 1.47. The highest BCUT2D eigenvalue weighted by Gasteiger charge is 2.37. The molecule has 2 aliphatic heterocycles. The van der Waals surface area contributed by atoms with Gasteiger partial charge in [-0.25, -0.2) is 4.90 Å². The number of fused-ring (bicyclic) bond motifs is 2. The fourth-order valence-corrected chi connectivity index (χ4v) is 6.01. The second-order valence-electron chi connectivity index (χ2n) is 12.2. The van der Waals surface area contributed by atoms with E-state index in [1.165, 1.54) is 11.9 Å². The summed E-state index contributed by atoms with van der Waals surface area (Å²) in [5.41, 5.74) is 4.66. The van der Waals surface area contributed by atoms with Crippen LogP contribution in [-0.4, -0.2) is 35.6 Å². The summed E-state index contributed by atoms with van der Waals surface area (Å²) >= 11 is 0. The van der Waals surface area contributed by atoms with Crippen LogP contribution in [0.15, 0.2) is 109 Å². The molecule has 0 aliphatic carbocycles. The van der Waals surface area contributed by atoms with Crippen molar-refractivity contribution in [2.75, 3.05) is 11.9 Å². The number of benzene rings is 5. The maximum absolute atomic E-state index is 13.2. The van der Waals surface area contributed by atoms with Crippen molar-refractivity contribution in [2.45, 2.75) is 40.0 Å². The number of carbonyl (C=O) groups is 4. The van der Waals surface area contributed by atoms with E-state index < -0.39 is 0 Å². The number of ether oxygens (including phenoxy) is 2. The minimum absolute atomic E-state index is 0.312. The molecular formula is C41H36N2O6. The molecule has 8 nitrogen and oxygen atoms in total. The summed E-state index contributed by atoms with van der Waals surface area (Å²) in [4.78, 5) is 53.1. The molecule has 0 fully saturated rings. The van der Waals surface area contributed by atoms with Gasteiger partial charge in [0.2, 0.25) is 0 Å². The van der Waals surface area contributed by atoms with Crippen LogP contribution < -0.4 is 14.4 Å². The lowest BCUT2D eigenvalue weighted by Crippen LogP contribution is -2.29. The fraction of sp³-hybridized carbons (Fsp3) is 0.171. The quantitative estimate of drug-likeness (QED) is 0.163. The Kier molecular flexibility index (Phi) is 8.65. The number of aryl methyl sites for hydroxylation is 1. The van der Waals surface area contributed by atoms with Gasteiger partial charge in [0, 0.05) is 12.5 Å². The molecular weight excluding hydrogens is 616 g/mol. The lowest BCUT2D eigenvalue weighted by molar-refractivity contribution is 0.0692. The van der Waals surface area contributed by atoms with E-state index in [-0.39, 0.29) is 29.0 Å². The van der Waals surface area contributed by atoms with E-state index in [0.717, 1.165) is 21.6 Å². The van der Waals surface area contributed by atoms with Crippen molar-refractivity contribution in [3.05, 3.63) is 148 Å². The third-order valence-electron chi connectivity index (χ3n) is 8.80. The fourth-order valence-electron chi connectivity index (χ4n) is 6.01. The second kappa shape index (κ2) is 12.9. The van der Waals surface area contributed by atoms with E-state index in [4.69, 9.17) is 9.47 Å². The Bertz CT molecular complexity index is 2120. The number of nitrogens with zero attached hydrogens (tertiary/aromatic N) is 2. The van der Waals surface area contributed by atoms with Crippen molar-refractivity contribution in [1.29, 1.82) is 0 Å². The van der Waals surface area contributed by atoms with Crippen LogP contribution in [0.1, 0.15) is 85.8 Å². The number of carbonyl (C=O) groups excluding carboxylic acids is 4. The largest absolute Gasteiger partial charge is 0.457 e. The summed E-state index contributed by atoms with van der Waals surface area (Å²) < 4.78 is 12.1. The van der Waals surface area contributed by atoms with Gasteiger partial charge < -0.3 is 9.47 Å². The van der Waals surface area contributed by atoms with Crippen LogP contribution in [0.2, 0.25) is 0 Å². The number of amides is 4. The molecule has 0 saturated heterocycles. The SMILES string of the molecule is CC.Cc1cccc(N2C(=O)c3ccc(Oc4ccc(C(C)(C)c5ccc(Oc6ccc7c(c6)C(=O)N(C)C7=O)cc5)cc4)cc3C2=O)c1. The average molecular weight is 653 g/mol. The molecule has 246 valence electrons. The molecule has 8 heteroatoms. The van der Waals surface area contributed by atoms with Gasteiger partial charge >= 0.3 is 0 Å². The molecule has 0 saturated carbocycles. The molecule has 0 spiro atoms. The predicted octanol–water partition coefficient (Wildman–Crippen LogP) is 8.96. The Morgan fingerprint density at radius 1 is 0.510 bits per heavy atom. The number of anilines is 1. The number of hydrogen-bond acceptors (Lipinski definition) is 6. The van der Waals surface area contributed by atoms with Gasteiger partial charge in [0.25, 0.3) is 23.6 Å². The van der Waals surface area contributed by atoms with Crippen LogP contribution >= 0.6 is 0 Å². The molecule has 0 aromatic heterocycles. The van der Waals surface area contributed by atoms with Crippen molar-refractivity contribution in [3.63, 3.8) is 0 Å². The molecule has 2 heterocycles. The lowest BCUT2D eigenvalue weighted by atomic mass is 9.78. The molecule has 0 unspecified atom stereocenters. The number of rotatable bonds is 7. The summed E-state index contributed by atoms with van der Waals surface area (Å²) in [6.45, 7) is 10.2. The third kappa shape index (κ3) is 5.97. The molecule has 5 aromatic carbocycles. The highest BCUT2D eigenvalue weighted by Crippen LogP contribution is 2.37. The Balaban J connectivity index is 0.00000205. The van der Waals surface area contributed by atoms with Crippen molar-refractivity contribution >= 4 is 29.3 Å².